The van der Waals surface area contributed by atoms with E-state index in [0.717, 1.165) is 25.7 Å². The molecule has 1 aliphatic carbocycles. The first-order valence-electron chi connectivity index (χ1n) is 12.1. The summed E-state index contributed by atoms with van der Waals surface area (Å²) in [7, 11) is 0. The van der Waals surface area contributed by atoms with Crippen molar-refractivity contribution in [1.29, 1.82) is 0 Å². The predicted molar refractivity (Wildman–Crippen MR) is 127 cm³/mol. The average molecular weight is 488 g/mol. The van der Waals surface area contributed by atoms with Crippen LogP contribution in [0.4, 0.5) is 20.3 Å². The summed E-state index contributed by atoms with van der Waals surface area (Å²) in [6, 6.07) is 1.90. The summed E-state index contributed by atoms with van der Waals surface area (Å²) in [6.07, 6.45) is 5.71. The molecule has 11 heteroatoms. The van der Waals surface area contributed by atoms with Gasteiger partial charge in [-0.05, 0) is 51.5 Å². The van der Waals surface area contributed by atoms with Crippen LogP contribution in [-0.4, -0.2) is 55.6 Å². The maximum Gasteiger partial charge on any atom is 0.284 e. The molecule has 0 spiro atoms. The van der Waals surface area contributed by atoms with Crippen molar-refractivity contribution in [3.63, 3.8) is 0 Å². The molecule has 2 fully saturated rings. The topological polar surface area (TPSA) is 89.6 Å². The number of morpholine rings is 1. The van der Waals surface area contributed by atoms with Crippen LogP contribution in [0.15, 0.2) is 24.7 Å². The number of aromatic nitrogens is 5. The summed E-state index contributed by atoms with van der Waals surface area (Å²) in [5.41, 5.74) is -0.142. The largest absolute Gasteiger partial charge is 0.372 e. The Labute approximate surface area is 202 Å². The second kappa shape index (κ2) is 9.18. The molecule has 1 aliphatic heterocycles. The third kappa shape index (κ3) is 4.86. The van der Waals surface area contributed by atoms with Gasteiger partial charge in [0.2, 0.25) is 0 Å². The van der Waals surface area contributed by atoms with Gasteiger partial charge < -0.3 is 15.0 Å². The van der Waals surface area contributed by atoms with Crippen molar-refractivity contribution in [2.75, 3.05) is 29.9 Å². The molecule has 0 unspecified atom stereocenters. The van der Waals surface area contributed by atoms with Crippen molar-refractivity contribution < 1.29 is 18.3 Å². The Morgan fingerprint density at radius 3 is 2.74 bits per heavy atom. The van der Waals surface area contributed by atoms with Crippen molar-refractivity contribution in [3.05, 3.63) is 35.9 Å². The number of hydrogen-bond acceptors (Lipinski definition) is 6. The van der Waals surface area contributed by atoms with Crippen LogP contribution in [-0.2, 0) is 4.74 Å². The Morgan fingerprint density at radius 1 is 1.26 bits per heavy atom. The third-order valence-electron chi connectivity index (χ3n) is 6.92. The van der Waals surface area contributed by atoms with Gasteiger partial charge in [-0.1, -0.05) is 6.92 Å². The Morgan fingerprint density at radius 2 is 2.03 bits per heavy atom. The molecule has 1 saturated carbocycles. The lowest BCUT2D eigenvalue weighted by molar-refractivity contribution is -0.0279. The Bertz CT molecular complexity index is 1210. The van der Waals surface area contributed by atoms with Crippen LogP contribution in [0.2, 0.25) is 0 Å². The number of rotatable bonds is 5. The van der Waals surface area contributed by atoms with Crippen LogP contribution in [0, 0.1) is 5.92 Å². The minimum Gasteiger partial charge on any atom is -0.372 e. The molecule has 2 aliphatic rings. The molecule has 0 radical (unpaired) electrons. The summed E-state index contributed by atoms with van der Waals surface area (Å²) in [6.45, 7) is 8.15. The maximum absolute atomic E-state index is 13.8. The summed E-state index contributed by atoms with van der Waals surface area (Å²) < 4.78 is 36.4. The van der Waals surface area contributed by atoms with E-state index in [9.17, 15) is 13.6 Å². The molecule has 1 amide bonds. The van der Waals surface area contributed by atoms with Gasteiger partial charge >= 0.3 is 0 Å². The van der Waals surface area contributed by atoms with E-state index in [1.807, 2.05) is 19.9 Å². The number of ether oxygens (including phenoxy) is 1. The second-order valence-corrected chi connectivity index (χ2v) is 10.2. The Hall–Kier alpha value is -3.08. The first kappa shape index (κ1) is 23.7. The summed E-state index contributed by atoms with van der Waals surface area (Å²) in [5, 5.41) is 11.0. The fraction of sp³-hybridized carbons (Fsp3) is 0.583. The van der Waals surface area contributed by atoms with Crippen LogP contribution in [0.1, 0.15) is 75.0 Å². The van der Waals surface area contributed by atoms with Gasteiger partial charge in [0.15, 0.2) is 11.3 Å². The fourth-order valence-electron chi connectivity index (χ4n) is 4.95. The number of carbonyl (C=O) groups excluding carboxylic acids is 1. The van der Waals surface area contributed by atoms with Crippen LogP contribution < -0.4 is 10.2 Å². The molecule has 5 rings (SSSR count). The van der Waals surface area contributed by atoms with E-state index in [1.165, 1.54) is 16.9 Å². The minimum absolute atomic E-state index is 0.0223. The van der Waals surface area contributed by atoms with E-state index in [2.05, 4.69) is 32.3 Å². The first-order chi connectivity index (χ1) is 16.7. The second-order valence-electron chi connectivity index (χ2n) is 10.2. The average Bonchev–Trinajstić information content (AvgIpc) is 3.43. The summed E-state index contributed by atoms with van der Waals surface area (Å²) in [4.78, 5) is 19.9. The minimum atomic E-state index is -2.80. The standard InChI is InChI=1S/C24H31F2N7O2/c1-15-4-6-16(7-5-15)33-13-18(20(30-33)21(25)26)28-23(34)17-12-27-32-9-8-19(29-22(17)32)31-10-11-35-24(2,3)14-31/h8-9,12-13,15-16,21H,4-7,10-11,14H2,1-3H3,(H,28,34)/t15-,16-. The fourth-order valence-corrected chi connectivity index (χ4v) is 4.95. The Balaban J connectivity index is 1.40. The van der Waals surface area contributed by atoms with Crippen LogP contribution in [0.5, 0.6) is 0 Å². The van der Waals surface area contributed by atoms with Crippen molar-refractivity contribution in [2.24, 2.45) is 5.92 Å². The lowest BCUT2D eigenvalue weighted by Gasteiger charge is -2.38. The smallest absolute Gasteiger partial charge is 0.284 e. The predicted octanol–water partition coefficient (Wildman–Crippen LogP) is 4.48. The number of anilines is 2. The number of halogens is 2. The zero-order valence-corrected chi connectivity index (χ0v) is 20.2. The number of hydrogen-bond donors (Lipinski definition) is 1. The number of carbonyl (C=O) groups is 1. The van der Waals surface area contributed by atoms with Gasteiger partial charge in [0.05, 0.1) is 30.1 Å². The molecule has 0 atom stereocenters. The number of nitrogens with one attached hydrogen (secondary N) is 1. The SMILES string of the molecule is CC1(C)CN(c2ccn3ncc(C(=O)Nc4cn([C@H]5CC[C@H](C)CC5)nc4C(F)F)c3n2)CCO1. The van der Waals surface area contributed by atoms with Crippen molar-refractivity contribution in [2.45, 2.75) is 64.5 Å². The molecule has 1 N–H and O–H groups in total. The molecular weight excluding hydrogens is 456 g/mol. The highest BCUT2D eigenvalue weighted by molar-refractivity contribution is 6.08. The van der Waals surface area contributed by atoms with Gasteiger partial charge in [-0.25, -0.2) is 18.3 Å². The molecule has 3 aromatic heterocycles. The molecule has 0 bridgehead atoms. The zero-order chi connectivity index (χ0) is 24.7. The molecule has 9 nitrogen and oxygen atoms in total. The lowest BCUT2D eigenvalue weighted by Crippen LogP contribution is -2.48. The van der Waals surface area contributed by atoms with Gasteiger partial charge in [0.1, 0.15) is 11.4 Å². The summed E-state index contributed by atoms with van der Waals surface area (Å²) >= 11 is 0. The molecule has 188 valence electrons. The van der Waals surface area contributed by atoms with Gasteiger partial charge in [0, 0.05) is 25.5 Å². The lowest BCUT2D eigenvalue weighted by atomic mass is 9.87. The number of alkyl halides is 2. The van der Waals surface area contributed by atoms with E-state index >= 15 is 0 Å². The number of nitrogens with zero attached hydrogens (tertiary/aromatic N) is 6. The first-order valence-corrected chi connectivity index (χ1v) is 12.1. The van der Waals surface area contributed by atoms with Crippen LogP contribution in [0.3, 0.4) is 0 Å². The van der Waals surface area contributed by atoms with Crippen molar-refractivity contribution >= 4 is 23.1 Å². The van der Waals surface area contributed by atoms with Gasteiger partial charge in [0.25, 0.3) is 12.3 Å². The molecule has 4 heterocycles. The maximum atomic E-state index is 13.8. The molecule has 0 aromatic carbocycles. The highest BCUT2D eigenvalue weighted by Crippen LogP contribution is 2.34. The normalized spacial score (nSPS) is 22.6. The monoisotopic (exact) mass is 487 g/mol. The van der Waals surface area contributed by atoms with Gasteiger partial charge in [-0.15, -0.1) is 0 Å². The highest BCUT2D eigenvalue weighted by Gasteiger charge is 2.29. The Kier molecular flexibility index (Phi) is 6.20. The summed E-state index contributed by atoms with van der Waals surface area (Å²) in [5.74, 6) is 0.786. The van der Waals surface area contributed by atoms with E-state index in [1.54, 1.807) is 10.9 Å². The molecular formula is C24H31F2N7O2. The van der Waals surface area contributed by atoms with Crippen LogP contribution in [0.25, 0.3) is 5.65 Å². The quantitative estimate of drug-likeness (QED) is 0.571. The van der Waals surface area contributed by atoms with E-state index in [0.29, 0.717) is 37.1 Å². The van der Waals surface area contributed by atoms with E-state index in [-0.39, 0.29) is 22.9 Å². The number of amides is 1. The zero-order valence-electron chi connectivity index (χ0n) is 20.2. The molecule has 35 heavy (non-hydrogen) atoms. The van der Waals surface area contributed by atoms with Crippen molar-refractivity contribution in [3.8, 4) is 0 Å². The molecule has 1 saturated heterocycles. The van der Waals surface area contributed by atoms with E-state index in [4.69, 9.17) is 4.74 Å². The molecule has 3 aromatic rings. The third-order valence-corrected chi connectivity index (χ3v) is 6.92. The number of fused-ring (bicyclic) bond motifs is 1. The highest BCUT2D eigenvalue weighted by atomic mass is 19.3. The van der Waals surface area contributed by atoms with Crippen molar-refractivity contribution in [1.82, 2.24) is 24.4 Å². The van der Waals surface area contributed by atoms with Gasteiger partial charge in [-0.3, -0.25) is 9.48 Å². The van der Waals surface area contributed by atoms with Gasteiger partial charge in [-0.2, -0.15) is 10.2 Å². The van der Waals surface area contributed by atoms with Crippen LogP contribution >= 0.6 is 0 Å². The van der Waals surface area contributed by atoms with E-state index < -0.39 is 18.0 Å².